The van der Waals surface area contributed by atoms with Crippen LogP contribution < -0.4 is 0 Å². The lowest BCUT2D eigenvalue weighted by Gasteiger charge is -2.36. The number of likely N-dealkylation sites (tertiary alicyclic amines) is 1. The van der Waals surface area contributed by atoms with Gasteiger partial charge in [0, 0.05) is 23.9 Å². The molecule has 1 amide bonds. The number of benzene rings is 1. The van der Waals surface area contributed by atoms with Crippen LogP contribution in [0.25, 0.3) is 0 Å². The van der Waals surface area contributed by atoms with E-state index in [2.05, 4.69) is 15.2 Å². The molecular weight excluding hydrogens is 340 g/mol. The zero-order valence-corrected chi connectivity index (χ0v) is 14.7. The maximum absolute atomic E-state index is 12.7. The van der Waals surface area contributed by atoms with Crippen LogP contribution in [-0.4, -0.2) is 49.7 Å². The average Bonchev–Trinajstić information content (AvgIpc) is 3.13. The van der Waals surface area contributed by atoms with Gasteiger partial charge < -0.3 is 10.0 Å². The molecule has 0 bridgehead atoms. The molecule has 1 aromatic carbocycles. The third-order valence-electron chi connectivity index (χ3n) is 4.46. The highest BCUT2D eigenvalue weighted by molar-refractivity contribution is 7.98. The van der Waals surface area contributed by atoms with Crippen LogP contribution in [0.5, 0.6) is 0 Å². The highest BCUT2D eigenvalue weighted by Crippen LogP contribution is 2.24. The molecule has 1 aliphatic rings. The summed E-state index contributed by atoms with van der Waals surface area (Å²) >= 11 is 1.54. The van der Waals surface area contributed by atoms with E-state index in [0.29, 0.717) is 18.4 Å². The number of piperidine rings is 1. The number of aromatic nitrogens is 3. The summed E-state index contributed by atoms with van der Waals surface area (Å²) < 4.78 is 0. The number of hydrogen-bond acceptors (Lipinski definition) is 5. The van der Waals surface area contributed by atoms with Crippen LogP contribution in [0.3, 0.4) is 0 Å². The number of amides is 1. The Balaban J connectivity index is 1.64. The molecule has 2 heterocycles. The second-order valence-electron chi connectivity index (χ2n) is 6.20. The van der Waals surface area contributed by atoms with Crippen molar-refractivity contribution in [1.82, 2.24) is 20.1 Å². The number of hydrogen-bond donors (Lipinski definition) is 2. The maximum atomic E-state index is 12.7. The quantitative estimate of drug-likeness (QED) is 0.795. The first-order valence-electron chi connectivity index (χ1n) is 8.15. The summed E-state index contributed by atoms with van der Waals surface area (Å²) in [6, 6.07) is 7.50. The summed E-state index contributed by atoms with van der Waals surface area (Å²) in [5, 5.41) is 16.6. The number of H-pyrrole nitrogens is 1. The van der Waals surface area contributed by atoms with Gasteiger partial charge in [0.05, 0.1) is 5.92 Å². The standard InChI is InChI=1S/C17H20N4O3S/c1-11-2-5-14(16(23)24)8-21(11)15(22)13-6-3-12(4-7-13)9-25-17-18-10-19-20-17/h3-4,6-7,10-11,14H,2,5,8-9H2,1H3,(H,23,24)(H,18,19,20). The molecule has 1 aliphatic heterocycles. The molecule has 0 radical (unpaired) electrons. The molecule has 1 saturated heterocycles. The zero-order chi connectivity index (χ0) is 17.8. The van der Waals surface area contributed by atoms with Crippen LogP contribution in [0.15, 0.2) is 35.7 Å². The molecular formula is C17H20N4O3S. The van der Waals surface area contributed by atoms with Crippen molar-refractivity contribution < 1.29 is 14.7 Å². The number of rotatable bonds is 5. The summed E-state index contributed by atoms with van der Waals surface area (Å²) in [7, 11) is 0. The van der Waals surface area contributed by atoms with Crippen molar-refractivity contribution in [1.29, 1.82) is 0 Å². The van der Waals surface area contributed by atoms with Crippen LogP contribution in [0.4, 0.5) is 0 Å². The molecule has 25 heavy (non-hydrogen) atoms. The third kappa shape index (κ3) is 4.19. The number of nitrogens with zero attached hydrogens (tertiary/aromatic N) is 3. The van der Waals surface area contributed by atoms with E-state index in [9.17, 15) is 14.7 Å². The van der Waals surface area contributed by atoms with Crippen LogP contribution >= 0.6 is 11.8 Å². The van der Waals surface area contributed by atoms with Crippen molar-refractivity contribution in [3.63, 3.8) is 0 Å². The van der Waals surface area contributed by atoms with Gasteiger partial charge in [-0.1, -0.05) is 23.9 Å². The molecule has 2 aromatic rings. The molecule has 1 fully saturated rings. The van der Waals surface area contributed by atoms with Crippen molar-refractivity contribution >= 4 is 23.6 Å². The fourth-order valence-corrected chi connectivity index (χ4v) is 3.65. The Morgan fingerprint density at radius 1 is 1.32 bits per heavy atom. The van der Waals surface area contributed by atoms with E-state index in [0.717, 1.165) is 16.5 Å². The monoisotopic (exact) mass is 360 g/mol. The number of carbonyl (C=O) groups excluding carboxylic acids is 1. The minimum atomic E-state index is -0.829. The molecule has 0 spiro atoms. The lowest BCUT2D eigenvalue weighted by Crippen LogP contribution is -2.47. The molecule has 1 aromatic heterocycles. The zero-order valence-electron chi connectivity index (χ0n) is 13.9. The molecule has 0 aliphatic carbocycles. The predicted octanol–water partition coefficient (Wildman–Crippen LogP) is 2.42. The van der Waals surface area contributed by atoms with E-state index in [1.54, 1.807) is 17.0 Å². The summed E-state index contributed by atoms with van der Waals surface area (Å²) in [4.78, 5) is 29.7. The minimum Gasteiger partial charge on any atom is -0.481 e. The van der Waals surface area contributed by atoms with Crippen molar-refractivity contribution in [2.45, 2.75) is 36.7 Å². The Kier molecular flexibility index (Phi) is 5.37. The number of nitrogens with one attached hydrogen (secondary N) is 1. The summed E-state index contributed by atoms with van der Waals surface area (Å²) in [6.45, 7) is 2.25. The number of carboxylic acids is 1. The second kappa shape index (κ2) is 7.69. The van der Waals surface area contributed by atoms with Crippen LogP contribution in [0, 0.1) is 5.92 Å². The van der Waals surface area contributed by atoms with E-state index >= 15 is 0 Å². The van der Waals surface area contributed by atoms with Gasteiger partial charge in [-0.05, 0) is 37.5 Å². The maximum Gasteiger partial charge on any atom is 0.308 e. The minimum absolute atomic E-state index is 0.0600. The predicted molar refractivity (Wildman–Crippen MR) is 93.2 cm³/mol. The van der Waals surface area contributed by atoms with Crippen molar-refractivity contribution in [2.24, 2.45) is 5.92 Å². The van der Waals surface area contributed by atoms with Gasteiger partial charge in [-0.3, -0.25) is 14.7 Å². The second-order valence-corrected chi connectivity index (χ2v) is 7.16. The first-order chi connectivity index (χ1) is 12.0. The van der Waals surface area contributed by atoms with Gasteiger partial charge in [0.1, 0.15) is 6.33 Å². The number of thioether (sulfide) groups is 1. The number of carboxylic acid groups (broad SMARTS) is 1. The van der Waals surface area contributed by atoms with Crippen molar-refractivity contribution in [2.75, 3.05) is 6.54 Å². The van der Waals surface area contributed by atoms with Crippen molar-refractivity contribution in [3.05, 3.63) is 41.7 Å². The van der Waals surface area contributed by atoms with Crippen LogP contribution in [-0.2, 0) is 10.5 Å². The molecule has 132 valence electrons. The number of carbonyl (C=O) groups is 2. The highest BCUT2D eigenvalue weighted by atomic mass is 32.2. The largest absolute Gasteiger partial charge is 0.481 e. The first-order valence-corrected chi connectivity index (χ1v) is 9.14. The lowest BCUT2D eigenvalue weighted by atomic mass is 9.93. The SMILES string of the molecule is CC1CCC(C(=O)O)CN1C(=O)c1ccc(CSc2ncn[nH]2)cc1. The van der Waals surface area contributed by atoms with Crippen molar-refractivity contribution in [3.8, 4) is 0 Å². The summed E-state index contributed by atoms with van der Waals surface area (Å²) in [5.74, 6) is -0.680. The lowest BCUT2D eigenvalue weighted by molar-refractivity contribution is -0.143. The molecule has 0 saturated carbocycles. The Labute approximate surface area is 149 Å². The van der Waals surface area contributed by atoms with E-state index in [1.165, 1.54) is 18.1 Å². The Bertz CT molecular complexity index is 733. The summed E-state index contributed by atoms with van der Waals surface area (Å²) in [5.41, 5.74) is 1.67. The first kappa shape index (κ1) is 17.5. The van der Waals surface area contributed by atoms with Gasteiger partial charge in [-0.15, -0.1) is 0 Å². The Morgan fingerprint density at radius 2 is 2.08 bits per heavy atom. The van der Waals surface area contributed by atoms with E-state index in [4.69, 9.17) is 0 Å². The highest BCUT2D eigenvalue weighted by Gasteiger charge is 2.32. The average molecular weight is 360 g/mol. The van der Waals surface area contributed by atoms with Gasteiger partial charge in [-0.25, -0.2) is 4.98 Å². The number of aromatic amines is 1. The molecule has 2 atom stereocenters. The van der Waals surface area contributed by atoms with E-state index in [-0.39, 0.29) is 18.5 Å². The van der Waals surface area contributed by atoms with Gasteiger partial charge >= 0.3 is 5.97 Å². The Morgan fingerprint density at radius 3 is 2.72 bits per heavy atom. The molecule has 8 heteroatoms. The van der Waals surface area contributed by atoms with E-state index in [1.807, 2.05) is 19.1 Å². The molecule has 7 nitrogen and oxygen atoms in total. The fourth-order valence-electron chi connectivity index (χ4n) is 2.92. The topological polar surface area (TPSA) is 99.2 Å². The van der Waals surface area contributed by atoms with Crippen LogP contribution in [0.2, 0.25) is 0 Å². The summed E-state index contributed by atoms with van der Waals surface area (Å²) in [6.07, 6.45) is 2.81. The third-order valence-corrected chi connectivity index (χ3v) is 5.41. The van der Waals surface area contributed by atoms with Gasteiger partial charge in [0.2, 0.25) is 0 Å². The van der Waals surface area contributed by atoms with Gasteiger partial charge in [0.15, 0.2) is 5.16 Å². The fraction of sp³-hybridized carbons (Fsp3) is 0.412. The Hall–Kier alpha value is -2.35. The molecule has 3 rings (SSSR count). The van der Waals surface area contributed by atoms with E-state index < -0.39 is 11.9 Å². The van der Waals surface area contributed by atoms with Gasteiger partial charge in [-0.2, -0.15) is 5.10 Å². The molecule has 2 N–H and O–H groups in total. The van der Waals surface area contributed by atoms with Crippen LogP contribution in [0.1, 0.15) is 35.7 Å². The normalized spacial score (nSPS) is 20.4. The number of aliphatic carboxylic acids is 1. The van der Waals surface area contributed by atoms with Gasteiger partial charge in [0.25, 0.3) is 5.91 Å². The molecule has 2 unspecified atom stereocenters. The smallest absolute Gasteiger partial charge is 0.308 e.